The molecule has 21 atom stereocenters. The van der Waals surface area contributed by atoms with Gasteiger partial charge in [0.25, 0.3) is 5.79 Å². The van der Waals surface area contributed by atoms with Gasteiger partial charge in [0.15, 0.2) is 18.9 Å². The molecule has 4 saturated heterocycles. The lowest BCUT2D eigenvalue weighted by Gasteiger charge is -2.51. The summed E-state index contributed by atoms with van der Waals surface area (Å²) in [6, 6.07) is -4.96. The minimum atomic E-state index is -3.16. The number of nitrogens with one attached hydrogen (secondary N) is 3. The minimum absolute atomic E-state index is 0.758. The van der Waals surface area contributed by atoms with Crippen molar-refractivity contribution in [3.8, 4) is 0 Å². The van der Waals surface area contributed by atoms with Crippen LogP contribution in [0.25, 0.3) is 0 Å². The van der Waals surface area contributed by atoms with E-state index in [1.165, 1.54) is 0 Å². The number of aliphatic hydroxyl groups is 12. The van der Waals surface area contributed by atoms with Crippen LogP contribution in [0, 0.1) is 0 Å². The topological polar surface area (TPSA) is 432 Å². The van der Waals surface area contributed by atoms with Crippen LogP contribution in [-0.4, -0.2) is 245 Å². The molecule has 0 aliphatic carbocycles. The highest BCUT2D eigenvalue weighted by Crippen LogP contribution is 2.39. The summed E-state index contributed by atoms with van der Waals surface area (Å²) >= 11 is 0. The summed E-state index contributed by atoms with van der Waals surface area (Å²) in [6.07, 6.45) is -34.5. The average molecular weight is 878 g/mol. The van der Waals surface area contributed by atoms with Crippen LogP contribution in [0.2, 0.25) is 0 Å². The number of carboxylic acids is 1. The molecule has 4 aliphatic heterocycles. The molecule has 0 spiro atoms. The Hall–Kier alpha value is -2.88. The lowest BCUT2D eigenvalue weighted by molar-refractivity contribution is -0.387. The van der Waals surface area contributed by atoms with Crippen LogP contribution >= 0.6 is 0 Å². The lowest BCUT2D eigenvalue weighted by Crippen LogP contribution is -2.72. The number of hydrogen-bond acceptors (Lipinski definition) is 23. The van der Waals surface area contributed by atoms with E-state index in [4.69, 9.17) is 33.2 Å². The number of ether oxygens (including phenoxy) is 7. The second-order valence-electron chi connectivity index (χ2n) is 14.8. The van der Waals surface area contributed by atoms with Gasteiger partial charge in [-0.2, -0.15) is 0 Å². The van der Waals surface area contributed by atoms with Crippen molar-refractivity contribution in [1.82, 2.24) is 16.0 Å². The van der Waals surface area contributed by atoms with E-state index < -0.39 is 185 Å². The molecule has 4 rings (SSSR count). The summed E-state index contributed by atoms with van der Waals surface area (Å²) in [5, 5.41) is 145. The summed E-state index contributed by atoms with van der Waals surface area (Å²) in [6.45, 7) is -1.00. The van der Waals surface area contributed by atoms with Crippen molar-refractivity contribution < 1.29 is 119 Å². The Morgan fingerprint density at radius 1 is 0.650 bits per heavy atom. The van der Waals surface area contributed by atoms with Gasteiger partial charge < -0.3 is 115 Å². The van der Waals surface area contributed by atoms with Gasteiger partial charge >= 0.3 is 5.97 Å². The van der Waals surface area contributed by atoms with Crippen molar-refractivity contribution in [2.24, 2.45) is 0 Å². The van der Waals surface area contributed by atoms with Gasteiger partial charge in [-0.25, -0.2) is 4.79 Å². The Kier molecular flexibility index (Phi) is 17.4. The van der Waals surface area contributed by atoms with E-state index in [0.717, 1.165) is 20.8 Å². The molecule has 16 N–H and O–H groups in total. The molecule has 346 valence electrons. The number of carboxylic acid groups (broad SMARTS) is 1. The smallest absolute Gasteiger partial charge is 0.364 e. The van der Waals surface area contributed by atoms with Gasteiger partial charge in [0, 0.05) is 27.2 Å². The number of aliphatic hydroxyl groups excluding tert-OH is 12. The molecule has 4 fully saturated rings. The van der Waals surface area contributed by atoms with Crippen LogP contribution < -0.4 is 16.0 Å². The molecule has 27 nitrogen and oxygen atoms in total. The fraction of sp³-hybridized carbons (Fsp3) is 0.879. The van der Waals surface area contributed by atoms with E-state index in [1.807, 2.05) is 0 Å². The zero-order valence-electron chi connectivity index (χ0n) is 32.4. The first kappa shape index (κ1) is 49.8. The highest BCUT2D eigenvalue weighted by molar-refractivity contribution is 5.77. The molecule has 0 aromatic carbocycles. The van der Waals surface area contributed by atoms with E-state index in [0.29, 0.717) is 0 Å². The molecule has 0 saturated carbocycles. The van der Waals surface area contributed by atoms with Gasteiger partial charge in [0.05, 0.1) is 38.6 Å². The van der Waals surface area contributed by atoms with Crippen LogP contribution in [0.1, 0.15) is 27.2 Å². The average Bonchev–Trinajstić information content (AvgIpc) is 3.18. The van der Waals surface area contributed by atoms with Crippen molar-refractivity contribution in [2.75, 3.05) is 26.4 Å². The summed E-state index contributed by atoms with van der Waals surface area (Å²) in [5.41, 5.74) is 0. The van der Waals surface area contributed by atoms with E-state index in [9.17, 15) is 85.6 Å². The second kappa shape index (κ2) is 21.0. The van der Waals surface area contributed by atoms with Crippen LogP contribution in [0.15, 0.2) is 0 Å². The third-order valence-electron chi connectivity index (χ3n) is 10.4. The molecule has 0 aromatic heterocycles. The second-order valence-corrected chi connectivity index (χ2v) is 14.8. The number of rotatable bonds is 16. The number of hydrogen-bond donors (Lipinski definition) is 16. The first-order valence-electron chi connectivity index (χ1n) is 18.7. The van der Waals surface area contributed by atoms with Crippen molar-refractivity contribution in [2.45, 2.75) is 155 Å². The Labute approximate surface area is 340 Å². The van der Waals surface area contributed by atoms with Gasteiger partial charge in [0.2, 0.25) is 17.7 Å². The van der Waals surface area contributed by atoms with Crippen molar-refractivity contribution in [3.05, 3.63) is 0 Å². The maximum Gasteiger partial charge on any atom is 0.364 e. The molecular weight excluding hydrogens is 822 g/mol. The quantitative estimate of drug-likeness (QED) is 0.0684. The SMILES string of the molecule is CC(=O)N[C@@H]1[C@@H](O[C@@H]2O[C@H](CO)[C@H](O)[C@H](O[C@]3(C(=O)O)C[C@H](O)[C@@H](NC(C)=O)[C@H]([C@H](O)[C@H](O)CO)O3)[C@H]2O)[C@@H](O[C@@H]2O[C@H](CO)[C@@H](O)[C@H](O)[C@H]2NC(C)=O)[C@@H](CO)O[C@@H]1O. The van der Waals surface area contributed by atoms with Gasteiger partial charge in [-0.1, -0.05) is 0 Å². The van der Waals surface area contributed by atoms with Crippen LogP contribution in [0.3, 0.4) is 0 Å². The predicted octanol–water partition coefficient (Wildman–Crippen LogP) is -10.1. The molecule has 4 aliphatic rings. The summed E-state index contributed by atoms with van der Waals surface area (Å²) in [4.78, 5) is 49.4. The lowest BCUT2D eigenvalue weighted by atomic mass is 9.88. The maximum absolute atomic E-state index is 12.9. The minimum Gasteiger partial charge on any atom is -0.477 e. The van der Waals surface area contributed by atoms with Crippen LogP contribution in [0.4, 0.5) is 0 Å². The summed E-state index contributed by atoms with van der Waals surface area (Å²) in [7, 11) is 0. The maximum atomic E-state index is 12.9. The molecular formula is C33H55N3O24. The standard InChI is InChI=1S/C33H55N3O24/c1-9(41)34-17-12(44)4-33(32(52)53,59-26(17)20(46)13(45)5-37)60-28-22(48)15(7-39)56-31(24(28)50)58-27-19(36-11(3)43)29(51)54-16(8-40)25(27)57-30-18(35-10(2)42)23(49)21(47)14(6-38)55-30/h12-31,37-40,44-51H,4-8H2,1-3H3,(H,34,41)(H,35,42)(H,36,43)(H,52,53)/t12-,13+,14+,15+,16+,17+,18+,19+,20+,21+,22-,23+,24+,25-,26+,27+,28-,29-,30-,31-,33-/m0/s1. The fourth-order valence-electron chi connectivity index (χ4n) is 7.45. The first-order chi connectivity index (χ1) is 28.1. The number of amides is 3. The van der Waals surface area contributed by atoms with Crippen molar-refractivity contribution >= 4 is 23.7 Å². The molecule has 4 heterocycles. The Morgan fingerprint density at radius 2 is 1.17 bits per heavy atom. The third-order valence-corrected chi connectivity index (χ3v) is 10.4. The van der Waals surface area contributed by atoms with Crippen LogP contribution in [-0.2, 0) is 52.3 Å². The molecule has 27 heteroatoms. The molecule has 0 radical (unpaired) electrons. The monoisotopic (exact) mass is 877 g/mol. The summed E-state index contributed by atoms with van der Waals surface area (Å²) < 4.78 is 40.1. The van der Waals surface area contributed by atoms with E-state index in [2.05, 4.69) is 16.0 Å². The van der Waals surface area contributed by atoms with Crippen molar-refractivity contribution in [3.63, 3.8) is 0 Å². The third kappa shape index (κ3) is 10.8. The molecule has 3 amide bonds. The van der Waals surface area contributed by atoms with Gasteiger partial charge in [0.1, 0.15) is 91.4 Å². The van der Waals surface area contributed by atoms with Crippen molar-refractivity contribution in [1.29, 1.82) is 0 Å². The summed E-state index contributed by atoms with van der Waals surface area (Å²) in [5.74, 6) is -7.58. The molecule has 0 aromatic rings. The van der Waals surface area contributed by atoms with Gasteiger partial charge in [-0.15, -0.1) is 0 Å². The van der Waals surface area contributed by atoms with E-state index in [-0.39, 0.29) is 0 Å². The Bertz CT molecular complexity index is 1470. The number of aliphatic carboxylic acids is 1. The van der Waals surface area contributed by atoms with Gasteiger partial charge in [-0.3, -0.25) is 14.4 Å². The van der Waals surface area contributed by atoms with Gasteiger partial charge in [-0.05, 0) is 0 Å². The molecule has 0 unspecified atom stereocenters. The van der Waals surface area contributed by atoms with E-state index >= 15 is 0 Å². The fourth-order valence-corrected chi connectivity index (χ4v) is 7.45. The highest BCUT2D eigenvalue weighted by atomic mass is 16.8. The largest absolute Gasteiger partial charge is 0.477 e. The predicted molar refractivity (Wildman–Crippen MR) is 186 cm³/mol. The zero-order chi connectivity index (χ0) is 45.0. The molecule has 0 bridgehead atoms. The highest BCUT2D eigenvalue weighted by Gasteiger charge is 2.61. The zero-order valence-corrected chi connectivity index (χ0v) is 32.4. The Morgan fingerprint density at radius 3 is 1.70 bits per heavy atom. The van der Waals surface area contributed by atoms with Crippen LogP contribution in [0.5, 0.6) is 0 Å². The number of carbonyl (C=O) groups is 4. The molecule has 60 heavy (non-hydrogen) atoms. The van der Waals surface area contributed by atoms with E-state index in [1.54, 1.807) is 0 Å². The first-order valence-corrected chi connectivity index (χ1v) is 18.7. The number of carbonyl (C=O) groups excluding carboxylic acids is 3. The normalized spacial score (nSPS) is 43.3. The Balaban J connectivity index is 1.75.